The van der Waals surface area contributed by atoms with E-state index in [0.29, 0.717) is 17.3 Å². The molecular weight excluding hydrogens is 1020 g/mol. The van der Waals surface area contributed by atoms with Crippen molar-refractivity contribution in [2.45, 2.75) is 59.2 Å². The maximum Gasteiger partial charge on any atom is 0.135 e. The molecule has 344 valence electrons. The zero-order valence-corrected chi connectivity index (χ0v) is 41.8. The van der Waals surface area contributed by atoms with E-state index < -0.39 is 6.85 Å². The largest absolute Gasteiger partial charge is 0.509 e. The Hall–Kier alpha value is -7.20. The van der Waals surface area contributed by atoms with Crippen molar-refractivity contribution in [2.24, 2.45) is 0 Å². The predicted octanol–water partition coefficient (Wildman–Crippen LogP) is 16.9. The van der Waals surface area contributed by atoms with Crippen LogP contribution in [0.5, 0.6) is 11.5 Å². The van der Waals surface area contributed by atoms with E-state index in [0.717, 1.165) is 66.8 Å². The van der Waals surface area contributed by atoms with Crippen LogP contribution >= 0.6 is 0 Å². The Morgan fingerprint density at radius 2 is 1.14 bits per heavy atom. The van der Waals surface area contributed by atoms with Crippen LogP contribution < -0.4 is 14.5 Å². The van der Waals surface area contributed by atoms with Crippen molar-refractivity contribution < 1.29 is 29.9 Å². The van der Waals surface area contributed by atoms with Gasteiger partial charge in [0.05, 0.1) is 0 Å². The third-order valence-electron chi connectivity index (χ3n) is 13.0. The van der Waals surface area contributed by atoms with Gasteiger partial charge >= 0.3 is 0 Å². The summed E-state index contributed by atoms with van der Waals surface area (Å²) in [5.41, 5.74) is 15.0. The number of aryl methyl sites for hydroxylation is 1. The number of hydrogen-bond acceptors (Lipinski definition) is 4. The van der Waals surface area contributed by atoms with Crippen molar-refractivity contribution in [1.82, 2.24) is 9.55 Å². The molecule has 1 aliphatic heterocycles. The second kappa shape index (κ2) is 18.0. The van der Waals surface area contributed by atoms with E-state index in [-0.39, 0.29) is 37.5 Å². The van der Waals surface area contributed by atoms with Crippen molar-refractivity contribution in [2.75, 3.05) is 9.80 Å². The molecule has 0 saturated carbocycles. The Kier molecular flexibility index (Phi) is 11.0. The summed E-state index contributed by atoms with van der Waals surface area (Å²) >= 11 is 0. The molecule has 0 radical (unpaired) electrons. The molecule has 69 heavy (non-hydrogen) atoms. The normalized spacial score (nSPS) is 13.4. The summed E-state index contributed by atoms with van der Waals surface area (Å²) in [4.78, 5) is 9.15. The fourth-order valence-electron chi connectivity index (χ4n) is 9.34. The van der Waals surface area contributed by atoms with Crippen molar-refractivity contribution in [3.8, 4) is 50.7 Å². The number of aromatic nitrogens is 2. The van der Waals surface area contributed by atoms with Crippen LogP contribution in [0.3, 0.4) is 0 Å². The summed E-state index contributed by atoms with van der Waals surface area (Å²) in [7, 11) is 0. The number of nitrogens with zero attached hydrogens (tertiary/aromatic N) is 4. The summed E-state index contributed by atoms with van der Waals surface area (Å²) in [6.45, 7) is 13.5. The first-order valence-electron chi connectivity index (χ1n) is 24.7. The van der Waals surface area contributed by atoms with Crippen LogP contribution in [0.4, 0.5) is 22.7 Å². The molecule has 0 unspecified atom stereocenters. The maximum atomic E-state index is 8.08. The molecule has 3 heterocycles. The average molecular weight is 1080 g/mol. The second-order valence-corrected chi connectivity index (χ2v) is 19.6. The smallest absolute Gasteiger partial charge is 0.135 e. The van der Waals surface area contributed by atoms with Gasteiger partial charge in [0.1, 0.15) is 5.82 Å². The zero-order chi connectivity index (χ0) is 49.2. The van der Waals surface area contributed by atoms with Crippen LogP contribution in [-0.2, 0) is 31.9 Å². The van der Waals surface area contributed by atoms with Crippen LogP contribution in [0.1, 0.15) is 62.3 Å². The molecule has 11 rings (SSSR count). The molecule has 0 aliphatic carbocycles. The SMILES string of the molecule is [2H]C([2H])([2H])c1ccnc(-n2c3[c-]c(Oc4[c-]c(N5[CH-]N(c6c(-c7ccc(-c8ccccc8)cc7)cc(C(C)(C)C)cc6-c6ccc(C(C)(C)C)cc6)c6ccccc65)ccc4)ccc3c3ccccc32)c1.[Pt]. The monoisotopic (exact) mass is 1080 g/mol. The van der Waals surface area contributed by atoms with Gasteiger partial charge < -0.3 is 19.1 Å². The Morgan fingerprint density at radius 1 is 0.536 bits per heavy atom. The number of fused-ring (bicyclic) bond motifs is 4. The van der Waals surface area contributed by atoms with Gasteiger partial charge in [-0.15, -0.1) is 48.1 Å². The molecule has 10 aromatic rings. The molecule has 0 amide bonds. The van der Waals surface area contributed by atoms with E-state index in [1.165, 1.54) is 28.3 Å². The average Bonchev–Trinajstić information content (AvgIpc) is 3.92. The first kappa shape index (κ1) is 41.9. The van der Waals surface area contributed by atoms with Gasteiger partial charge in [-0.05, 0) is 104 Å². The fraction of sp³-hybridized carbons (Fsp3) is 0.143. The molecule has 0 saturated heterocycles. The number of ether oxygens (including phenoxy) is 1. The number of pyridine rings is 1. The zero-order valence-electron chi connectivity index (χ0n) is 42.5. The third-order valence-corrected chi connectivity index (χ3v) is 13.0. The van der Waals surface area contributed by atoms with E-state index in [1.54, 1.807) is 12.3 Å². The Balaban J connectivity index is 0.00000596. The topological polar surface area (TPSA) is 33.5 Å². The van der Waals surface area contributed by atoms with Gasteiger partial charge in [-0.2, -0.15) is 12.1 Å². The van der Waals surface area contributed by atoms with Gasteiger partial charge in [0.25, 0.3) is 0 Å². The standard InChI is InChI=1S/C63H53N4O.Pt/c1-42-34-35-64-60(36-42)67-56-21-12-11-20-52(56)53-33-32-51(40-59(53)67)68-50-19-15-18-49(39-50)65-41-66(58-23-14-13-22-57(58)65)61-54(45-26-24-44(25-27-45)43-16-9-8-10-17-43)37-48(63(5,6)7)38-55(61)46-28-30-47(31-29-46)62(2,3)4;/h8-38,41H,1-7H3;/q-3;/i1D3;. The van der Waals surface area contributed by atoms with Crippen LogP contribution in [0.25, 0.3) is 61.0 Å². The van der Waals surface area contributed by atoms with Gasteiger partial charge in [-0.25, -0.2) is 4.98 Å². The summed E-state index contributed by atoms with van der Waals surface area (Å²) in [6, 6.07) is 70.1. The molecule has 6 heteroatoms. The van der Waals surface area contributed by atoms with Crippen LogP contribution in [0.2, 0.25) is 0 Å². The number of rotatable bonds is 8. The Labute approximate surface area is 425 Å². The van der Waals surface area contributed by atoms with Gasteiger partial charge in [0, 0.05) is 76.6 Å². The number of anilines is 4. The van der Waals surface area contributed by atoms with Crippen LogP contribution in [0.15, 0.2) is 188 Å². The molecule has 0 bridgehead atoms. The Morgan fingerprint density at radius 3 is 1.84 bits per heavy atom. The minimum Gasteiger partial charge on any atom is -0.509 e. The number of hydrogen-bond donors (Lipinski definition) is 0. The molecular formula is C63H53N4OPt-3. The molecule has 2 aromatic heterocycles. The molecule has 1 aliphatic rings. The summed E-state index contributed by atoms with van der Waals surface area (Å²) in [5, 5.41) is 1.94. The summed E-state index contributed by atoms with van der Waals surface area (Å²) < 4.78 is 32.8. The van der Waals surface area contributed by atoms with Crippen LogP contribution in [-0.4, -0.2) is 9.55 Å². The summed E-state index contributed by atoms with van der Waals surface area (Å²) in [6.07, 6.45) is 1.54. The molecule has 0 spiro atoms. The Bertz CT molecular complexity index is 3610. The molecule has 8 aromatic carbocycles. The predicted molar refractivity (Wildman–Crippen MR) is 283 cm³/mol. The minimum absolute atomic E-state index is 0. The first-order chi connectivity index (χ1) is 34.1. The quantitative estimate of drug-likeness (QED) is 0.142. The van der Waals surface area contributed by atoms with E-state index >= 15 is 0 Å². The second-order valence-electron chi connectivity index (χ2n) is 19.6. The van der Waals surface area contributed by atoms with Gasteiger partial charge in [0.2, 0.25) is 0 Å². The van der Waals surface area contributed by atoms with Crippen molar-refractivity contribution in [1.29, 1.82) is 0 Å². The fourth-order valence-corrected chi connectivity index (χ4v) is 9.34. The van der Waals surface area contributed by atoms with E-state index in [2.05, 4.69) is 203 Å². The van der Waals surface area contributed by atoms with E-state index in [9.17, 15) is 0 Å². The molecule has 0 fully saturated rings. The first-order valence-corrected chi connectivity index (χ1v) is 23.2. The summed E-state index contributed by atoms with van der Waals surface area (Å²) in [5.74, 6) is 1.49. The van der Waals surface area contributed by atoms with Crippen molar-refractivity contribution in [3.05, 3.63) is 224 Å². The van der Waals surface area contributed by atoms with Crippen molar-refractivity contribution in [3.63, 3.8) is 0 Å². The third kappa shape index (κ3) is 8.66. The van der Waals surface area contributed by atoms with Crippen LogP contribution in [0, 0.1) is 25.7 Å². The van der Waals surface area contributed by atoms with Crippen molar-refractivity contribution >= 4 is 44.6 Å². The number of benzene rings is 8. The molecule has 0 atom stereocenters. The molecule has 5 nitrogen and oxygen atoms in total. The van der Waals surface area contributed by atoms with Gasteiger partial charge in [0.15, 0.2) is 0 Å². The number of para-hydroxylation sites is 3. The molecule has 0 N–H and O–H groups in total. The van der Waals surface area contributed by atoms with Gasteiger partial charge in [-0.3, -0.25) is 0 Å². The minimum atomic E-state index is -2.28. The van der Waals surface area contributed by atoms with E-state index in [4.69, 9.17) is 8.85 Å². The van der Waals surface area contributed by atoms with E-state index in [1.807, 2.05) is 47.0 Å². The maximum absolute atomic E-state index is 8.08. The van der Waals surface area contributed by atoms with Gasteiger partial charge in [-0.1, -0.05) is 156 Å².